The van der Waals surface area contributed by atoms with Crippen molar-refractivity contribution in [1.82, 2.24) is 0 Å². The summed E-state index contributed by atoms with van der Waals surface area (Å²) in [4.78, 5) is 0. The minimum atomic E-state index is 0.340. The number of hydrogen-bond donors (Lipinski definition) is 1. The summed E-state index contributed by atoms with van der Waals surface area (Å²) < 4.78 is 6.97. The van der Waals surface area contributed by atoms with E-state index in [1.165, 1.54) is 25.7 Å². The molecular formula is C16H21BrClNO. The van der Waals surface area contributed by atoms with Crippen LogP contribution < -0.4 is 5.32 Å². The predicted molar refractivity (Wildman–Crippen MR) is 87.5 cm³/mol. The standard InChI is InChI=1S/C16H21BrClNO/c1-2-20-15-10-14(16(15)7-3-4-8-16)19-13-6-5-11(17)9-12(13)18/h5-6,9,14-15,19H,2-4,7-8,10H2,1H3. The van der Waals surface area contributed by atoms with Crippen molar-refractivity contribution in [3.05, 3.63) is 27.7 Å². The van der Waals surface area contributed by atoms with Gasteiger partial charge in [-0.25, -0.2) is 0 Å². The first-order valence-corrected chi connectivity index (χ1v) is 8.66. The Morgan fingerprint density at radius 1 is 1.40 bits per heavy atom. The molecule has 0 saturated heterocycles. The average molecular weight is 359 g/mol. The zero-order chi connectivity index (χ0) is 14.2. The van der Waals surface area contributed by atoms with Crippen LogP contribution in [-0.4, -0.2) is 18.8 Å². The first-order valence-electron chi connectivity index (χ1n) is 7.49. The molecule has 2 unspecified atom stereocenters. The van der Waals surface area contributed by atoms with Crippen LogP contribution >= 0.6 is 27.5 Å². The van der Waals surface area contributed by atoms with Gasteiger partial charge >= 0.3 is 0 Å². The van der Waals surface area contributed by atoms with Gasteiger partial charge in [0, 0.05) is 22.5 Å². The highest BCUT2D eigenvalue weighted by Crippen LogP contribution is 2.55. The SMILES string of the molecule is CCOC1CC(Nc2ccc(Br)cc2Cl)C12CCCC2. The molecule has 1 aromatic carbocycles. The summed E-state index contributed by atoms with van der Waals surface area (Å²) in [5.74, 6) is 0. The van der Waals surface area contributed by atoms with Crippen LogP contribution in [0.4, 0.5) is 5.69 Å². The zero-order valence-electron chi connectivity index (χ0n) is 11.8. The van der Waals surface area contributed by atoms with Crippen LogP contribution in [0.15, 0.2) is 22.7 Å². The Labute approximate surface area is 134 Å². The van der Waals surface area contributed by atoms with E-state index < -0.39 is 0 Å². The molecule has 4 heteroatoms. The quantitative estimate of drug-likeness (QED) is 0.793. The van der Waals surface area contributed by atoms with Gasteiger partial charge in [-0.1, -0.05) is 40.4 Å². The summed E-state index contributed by atoms with van der Waals surface area (Å²) in [5.41, 5.74) is 1.38. The highest BCUT2D eigenvalue weighted by atomic mass is 79.9. The van der Waals surface area contributed by atoms with E-state index in [0.29, 0.717) is 17.6 Å². The Morgan fingerprint density at radius 3 is 2.80 bits per heavy atom. The van der Waals surface area contributed by atoms with E-state index >= 15 is 0 Å². The lowest BCUT2D eigenvalue weighted by atomic mass is 9.60. The van der Waals surface area contributed by atoms with Crippen LogP contribution in [0, 0.1) is 5.41 Å². The minimum Gasteiger partial charge on any atom is -0.380 e. The number of benzene rings is 1. The molecule has 0 heterocycles. The van der Waals surface area contributed by atoms with E-state index in [9.17, 15) is 0 Å². The van der Waals surface area contributed by atoms with Crippen molar-refractivity contribution in [2.75, 3.05) is 11.9 Å². The zero-order valence-corrected chi connectivity index (χ0v) is 14.1. The molecule has 2 nitrogen and oxygen atoms in total. The molecule has 1 N–H and O–H groups in total. The van der Waals surface area contributed by atoms with E-state index in [4.69, 9.17) is 16.3 Å². The van der Waals surface area contributed by atoms with E-state index in [-0.39, 0.29) is 0 Å². The fourth-order valence-electron chi connectivity index (χ4n) is 3.88. The molecule has 2 fully saturated rings. The molecule has 2 atom stereocenters. The maximum atomic E-state index is 6.32. The molecule has 0 aromatic heterocycles. The first-order chi connectivity index (χ1) is 9.65. The number of rotatable bonds is 4. The summed E-state index contributed by atoms with van der Waals surface area (Å²) in [5, 5.41) is 4.45. The van der Waals surface area contributed by atoms with Gasteiger partial charge in [0.05, 0.1) is 16.8 Å². The monoisotopic (exact) mass is 357 g/mol. The van der Waals surface area contributed by atoms with Gasteiger partial charge in [0.15, 0.2) is 0 Å². The molecule has 0 bridgehead atoms. The molecule has 2 saturated carbocycles. The van der Waals surface area contributed by atoms with Crippen molar-refractivity contribution in [1.29, 1.82) is 0 Å². The van der Waals surface area contributed by atoms with Gasteiger partial charge in [0.1, 0.15) is 0 Å². The van der Waals surface area contributed by atoms with Gasteiger partial charge in [-0.05, 0) is 44.4 Å². The second kappa shape index (κ2) is 5.86. The number of anilines is 1. The van der Waals surface area contributed by atoms with Crippen LogP contribution in [0.1, 0.15) is 39.0 Å². The lowest BCUT2D eigenvalue weighted by Gasteiger charge is -2.54. The van der Waals surface area contributed by atoms with Crippen molar-refractivity contribution < 1.29 is 4.74 Å². The maximum Gasteiger partial charge on any atom is 0.0670 e. The van der Waals surface area contributed by atoms with Crippen molar-refractivity contribution >= 4 is 33.2 Å². The van der Waals surface area contributed by atoms with Gasteiger partial charge in [-0.2, -0.15) is 0 Å². The Balaban J connectivity index is 1.74. The largest absolute Gasteiger partial charge is 0.380 e. The lowest BCUT2D eigenvalue weighted by molar-refractivity contribution is -0.114. The molecule has 2 aliphatic carbocycles. The number of nitrogens with one attached hydrogen (secondary N) is 1. The third-order valence-electron chi connectivity index (χ3n) is 4.95. The van der Waals surface area contributed by atoms with E-state index in [0.717, 1.165) is 28.2 Å². The molecular weight excluding hydrogens is 338 g/mol. The fraction of sp³-hybridized carbons (Fsp3) is 0.625. The predicted octanol–water partition coefficient (Wildman–Crippen LogP) is 5.25. The number of hydrogen-bond acceptors (Lipinski definition) is 2. The highest BCUT2D eigenvalue weighted by Gasteiger charge is 2.56. The molecule has 3 rings (SSSR count). The van der Waals surface area contributed by atoms with Gasteiger partial charge in [-0.15, -0.1) is 0 Å². The normalized spacial score (nSPS) is 27.6. The van der Waals surface area contributed by atoms with Crippen LogP contribution in [0.2, 0.25) is 5.02 Å². The molecule has 20 heavy (non-hydrogen) atoms. The topological polar surface area (TPSA) is 21.3 Å². The Hall–Kier alpha value is -0.250. The van der Waals surface area contributed by atoms with Crippen molar-refractivity contribution in [3.63, 3.8) is 0 Å². The average Bonchev–Trinajstić information content (AvgIpc) is 2.92. The summed E-state index contributed by atoms with van der Waals surface area (Å²) in [6, 6.07) is 6.54. The Kier molecular flexibility index (Phi) is 4.30. The van der Waals surface area contributed by atoms with Gasteiger partial charge in [0.2, 0.25) is 0 Å². The van der Waals surface area contributed by atoms with Crippen LogP contribution in [0.5, 0.6) is 0 Å². The summed E-state index contributed by atoms with van der Waals surface area (Å²) >= 11 is 9.77. The van der Waals surface area contributed by atoms with E-state index in [1.807, 2.05) is 12.1 Å². The Bertz CT molecular complexity index is 487. The van der Waals surface area contributed by atoms with Crippen LogP contribution in [0.3, 0.4) is 0 Å². The summed E-state index contributed by atoms with van der Waals surface area (Å²) in [7, 11) is 0. The van der Waals surface area contributed by atoms with Gasteiger partial charge < -0.3 is 10.1 Å². The third-order valence-corrected chi connectivity index (χ3v) is 5.75. The van der Waals surface area contributed by atoms with E-state index in [1.54, 1.807) is 0 Å². The van der Waals surface area contributed by atoms with Crippen molar-refractivity contribution in [2.45, 2.75) is 51.2 Å². The minimum absolute atomic E-state index is 0.340. The highest BCUT2D eigenvalue weighted by molar-refractivity contribution is 9.10. The summed E-state index contributed by atoms with van der Waals surface area (Å²) in [6.45, 7) is 2.91. The first kappa shape index (κ1) is 14.7. The molecule has 1 aromatic rings. The number of halogens is 2. The lowest BCUT2D eigenvalue weighted by Crippen LogP contribution is -2.60. The van der Waals surface area contributed by atoms with Crippen molar-refractivity contribution in [2.24, 2.45) is 5.41 Å². The van der Waals surface area contributed by atoms with E-state index in [2.05, 4.69) is 34.2 Å². The molecule has 1 spiro atoms. The smallest absolute Gasteiger partial charge is 0.0670 e. The third kappa shape index (κ3) is 2.49. The molecule has 110 valence electrons. The van der Waals surface area contributed by atoms with Gasteiger partial charge in [0.25, 0.3) is 0 Å². The molecule has 2 aliphatic rings. The fourth-order valence-corrected chi connectivity index (χ4v) is 4.61. The van der Waals surface area contributed by atoms with Crippen LogP contribution in [-0.2, 0) is 4.74 Å². The Morgan fingerprint density at radius 2 is 2.15 bits per heavy atom. The van der Waals surface area contributed by atoms with Crippen LogP contribution in [0.25, 0.3) is 0 Å². The molecule has 0 amide bonds. The summed E-state index contributed by atoms with van der Waals surface area (Å²) in [6.07, 6.45) is 6.75. The molecule has 0 aliphatic heterocycles. The molecule has 0 radical (unpaired) electrons. The number of ether oxygens (including phenoxy) is 1. The second-order valence-corrected chi connectivity index (χ2v) is 7.26. The maximum absolute atomic E-state index is 6.32. The van der Waals surface area contributed by atoms with Gasteiger partial charge in [-0.3, -0.25) is 0 Å². The second-order valence-electron chi connectivity index (χ2n) is 5.94. The van der Waals surface area contributed by atoms with Crippen molar-refractivity contribution in [3.8, 4) is 0 Å².